The number of alkyl halides is 2. The maximum atomic E-state index is 13.8. The summed E-state index contributed by atoms with van der Waals surface area (Å²) < 4.78 is 45.9. The molecule has 0 aliphatic carbocycles. The molecule has 17 heteroatoms. The van der Waals surface area contributed by atoms with Gasteiger partial charge in [-0.3, -0.25) is 24.3 Å². The standard InChI is InChI=1S/C45H38F2N6O9/c46-44(47)22-27(23-48)53(25-44)40(56)24-50-41(57)31-10-11-49-37-9-5-30(21-32(31)37)60-17-1-12-51-13-15-52(16-14-51)42(58)26-2-6-34-33(18-26)43(59)62-45(34)35-7-3-28(54)19-38(35)61-39-20-29(55)4-8-36(39)45/h2-11,18-21,27,54-55H,1,12-17,22,24-25H2,(H,50,57)/t27-/m0/s1. The number of likely N-dealkylation sites (tertiary alicyclic amines) is 1. The summed E-state index contributed by atoms with van der Waals surface area (Å²) in [7, 11) is 0. The number of halogens is 2. The van der Waals surface area contributed by atoms with E-state index in [4.69, 9.17) is 14.2 Å². The number of fused-ring (bicyclic) bond motifs is 7. The zero-order valence-electron chi connectivity index (χ0n) is 33.0. The lowest BCUT2D eigenvalue weighted by atomic mass is 9.77. The lowest BCUT2D eigenvalue weighted by molar-refractivity contribution is -0.131. The number of hydrogen-bond acceptors (Lipinski definition) is 12. The minimum atomic E-state index is -3.16. The minimum Gasteiger partial charge on any atom is -0.508 e. The second-order valence-electron chi connectivity index (χ2n) is 15.6. The molecule has 5 aromatic rings. The molecule has 2 fully saturated rings. The van der Waals surface area contributed by atoms with Crippen molar-refractivity contribution in [3.63, 3.8) is 0 Å². The minimum absolute atomic E-state index is 0.0496. The number of nitrogens with one attached hydrogen (secondary N) is 1. The molecule has 0 unspecified atom stereocenters. The molecule has 4 aliphatic rings. The van der Waals surface area contributed by atoms with Gasteiger partial charge in [0.25, 0.3) is 17.7 Å². The topological polar surface area (TPSA) is 195 Å². The van der Waals surface area contributed by atoms with Crippen molar-refractivity contribution in [2.75, 3.05) is 52.4 Å². The van der Waals surface area contributed by atoms with E-state index in [2.05, 4.69) is 15.2 Å². The molecule has 0 saturated carbocycles. The van der Waals surface area contributed by atoms with Gasteiger partial charge in [-0.15, -0.1) is 0 Å². The maximum absolute atomic E-state index is 13.8. The fraction of sp³-hybridized carbons (Fsp3) is 0.289. The third-order valence-electron chi connectivity index (χ3n) is 11.7. The molecule has 1 spiro atoms. The summed E-state index contributed by atoms with van der Waals surface area (Å²) in [6, 6.07) is 21.0. The molecule has 3 N–H and O–H groups in total. The largest absolute Gasteiger partial charge is 0.508 e. The van der Waals surface area contributed by atoms with Gasteiger partial charge in [0.05, 0.1) is 42.4 Å². The Morgan fingerprint density at radius 1 is 0.919 bits per heavy atom. The van der Waals surface area contributed by atoms with Crippen molar-refractivity contribution in [3.8, 4) is 34.8 Å². The monoisotopic (exact) mass is 844 g/mol. The van der Waals surface area contributed by atoms with Gasteiger partial charge in [-0.1, -0.05) is 6.07 Å². The Kier molecular flexibility index (Phi) is 10.1. The molecule has 0 bridgehead atoms. The molecule has 15 nitrogen and oxygen atoms in total. The molecule has 3 amide bonds. The van der Waals surface area contributed by atoms with Gasteiger partial charge in [0.1, 0.15) is 34.8 Å². The number of carbonyl (C=O) groups excluding carboxylic acids is 4. The number of aromatic hydroxyl groups is 2. The zero-order chi connectivity index (χ0) is 43.3. The number of rotatable bonds is 9. The van der Waals surface area contributed by atoms with Crippen LogP contribution in [0.2, 0.25) is 0 Å². The summed E-state index contributed by atoms with van der Waals surface area (Å²) in [5, 5.41) is 32.5. The molecule has 316 valence electrons. The number of nitriles is 1. The van der Waals surface area contributed by atoms with Crippen LogP contribution >= 0.6 is 0 Å². The Labute approximate surface area is 352 Å². The molecule has 1 aromatic heterocycles. The van der Waals surface area contributed by atoms with Gasteiger partial charge in [-0.2, -0.15) is 5.26 Å². The number of amides is 3. The van der Waals surface area contributed by atoms with E-state index in [0.717, 1.165) is 4.90 Å². The third kappa shape index (κ3) is 7.21. The number of pyridine rings is 1. The van der Waals surface area contributed by atoms with Gasteiger partial charge in [0, 0.05) is 85.1 Å². The number of aromatic nitrogens is 1. The van der Waals surface area contributed by atoms with Crippen molar-refractivity contribution in [2.45, 2.75) is 30.4 Å². The Morgan fingerprint density at radius 2 is 1.63 bits per heavy atom. The number of hydrogen-bond donors (Lipinski definition) is 3. The van der Waals surface area contributed by atoms with E-state index in [1.54, 1.807) is 59.5 Å². The van der Waals surface area contributed by atoms with Crippen LogP contribution in [0.5, 0.6) is 28.7 Å². The summed E-state index contributed by atoms with van der Waals surface area (Å²) in [4.78, 5) is 62.2. The fourth-order valence-electron chi connectivity index (χ4n) is 8.63. The number of carbonyl (C=O) groups is 4. The summed E-state index contributed by atoms with van der Waals surface area (Å²) in [6.07, 6.45) is 1.37. The van der Waals surface area contributed by atoms with Crippen LogP contribution in [-0.2, 0) is 15.1 Å². The second-order valence-corrected chi connectivity index (χ2v) is 15.6. The summed E-state index contributed by atoms with van der Waals surface area (Å²) >= 11 is 0. The van der Waals surface area contributed by atoms with E-state index >= 15 is 0 Å². The second kappa shape index (κ2) is 15.6. The van der Waals surface area contributed by atoms with Crippen LogP contribution in [0.3, 0.4) is 0 Å². The van der Waals surface area contributed by atoms with Crippen LogP contribution in [0.25, 0.3) is 10.9 Å². The number of phenolic OH excluding ortho intramolecular Hbond substituents is 2. The predicted molar refractivity (Wildman–Crippen MR) is 215 cm³/mol. The normalized spacial score (nSPS) is 18.3. The van der Waals surface area contributed by atoms with Gasteiger partial charge in [-0.05, 0) is 67.1 Å². The number of ether oxygens (including phenoxy) is 3. The highest BCUT2D eigenvalue weighted by Gasteiger charge is 2.54. The Hall–Kier alpha value is -7.32. The average molecular weight is 845 g/mol. The Morgan fingerprint density at radius 3 is 2.34 bits per heavy atom. The number of esters is 1. The Bertz CT molecular complexity index is 2660. The molecule has 2 saturated heterocycles. The molecule has 62 heavy (non-hydrogen) atoms. The molecular formula is C45H38F2N6O9. The number of piperazine rings is 1. The van der Waals surface area contributed by atoms with Crippen LogP contribution in [0.4, 0.5) is 8.78 Å². The van der Waals surface area contributed by atoms with Crippen molar-refractivity contribution in [2.24, 2.45) is 0 Å². The lowest BCUT2D eigenvalue weighted by Crippen LogP contribution is -2.49. The predicted octanol–water partition coefficient (Wildman–Crippen LogP) is 4.93. The summed E-state index contributed by atoms with van der Waals surface area (Å²) in [6.45, 7) is 1.80. The molecule has 9 rings (SSSR count). The van der Waals surface area contributed by atoms with Crippen molar-refractivity contribution in [1.29, 1.82) is 5.26 Å². The first kappa shape index (κ1) is 40.1. The summed E-state index contributed by atoms with van der Waals surface area (Å²) in [5.74, 6) is -4.47. The van der Waals surface area contributed by atoms with Crippen LogP contribution in [-0.4, -0.2) is 118 Å². The van der Waals surface area contributed by atoms with Crippen LogP contribution in [0, 0.1) is 11.3 Å². The maximum Gasteiger partial charge on any atom is 0.340 e. The highest BCUT2D eigenvalue weighted by molar-refractivity contribution is 6.07. The average Bonchev–Trinajstić information content (AvgIpc) is 3.75. The van der Waals surface area contributed by atoms with E-state index in [1.807, 2.05) is 0 Å². The first-order valence-electron chi connectivity index (χ1n) is 19.9. The van der Waals surface area contributed by atoms with E-state index in [0.29, 0.717) is 84.7 Å². The first-order valence-corrected chi connectivity index (χ1v) is 19.9. The summed E-state index contributed by atoms with van der Waals surface area (Å²) in [5.41, 5.74) is 1.37. The molecular weight excluding hydrogens is 807 g/mol. The van der Waals surface area contributed by atoms with Crippen LogP contribution in [0.1, 0.15) is 60.6 Å². The highest BCUT2D eigenvalue weighted by Crippen LogP contribution is 2.57. The van der Waals surface area contributed by atoms with E-state index in [1.165, 1.54) is 36.5 Å². The van der Waals surface area contributed by atoms with Gasteiger partial charge >= 0.3 is 5.97 Å². The van der Waals surface area contributed by atoms with E-state index in [-0.39, 0.29) is 40.0 Å². The SMILES string of the molecule is N#C[C@@H]1CC(F)(F)CN1C(=O)CNC(=O)c1ccnc2ccc(OCCCN3CCN(C(=O)c4ccc5c(c4)C(=O)OC54c5ccc(O)cc5Oc5cc(O)ccc54)CC3)cc12. The van der Waals surface area contributed by atoms with Crippen LogP contribution in [0.15, 0.2) is 85.1 Å². The van der Waals surface area contributed by atoms with Gasteiger partial charge < -0.3 is 39.5 Å². The molecule has 4 aliphatic heterocycles. The van der Waals surface area contributed by atoms with Crippen molar-refractivity contribution in [3.05, 3.63) is 118 Å². The van der Waals surface area contributed by atoms with E-state index in [9.17, 15) is 43.4 Å². The molecule has 1 atom stereocenters. The lowest BCUT2D eigenvalue weighted by Gasteiger charge is -2.36. The third-order valence-corrected chi connectivity index (χ3v) is 11.7. The van der Waals surface area contributed by atoms with Gasteiger partial charge in [0.15, 0.2) is 5.60 Å². The van der Waals surface area contributed by atoms with Crippen molar-refractivity contribution < 1.29 is 52.4 Å². The highest BCUT2D eigenvalue weighted by atomic mass is 19.3. The van der Waals surface area contributed by atoms with Gasteiger partial charge in [-0.25, -0.2) is 13.6 Å². The molecule has 4 aromatic carbocycles. The Balaban J connectivity index is 0.791. The smallest absolute Gasteiger partial charge is 0.340 e. The van der Waals surface area contributed by atoms with Gasteiger partial charge in [0.2, 0.25) is 5.91 Å². The fourth-order valence-corrected chi connectivity index (χ4v) is 8.63. The van der Waals surface area contributed by atoms with Crippen molar-refractivity contribution >= 4 is 34.6 Å². The van der Waals surface area contributed by atoms with E-state index < -0.39 is 54.9 Å². The quantitative estimate of drug-likeness (QED) is 0.134. The number of nitrogens with zero attached hydrogens (tertiary/aromatic N) is 5. The van der Waals surface area contributed by atoms with Crippen molar-refractivity contribution in [1.82, 2.24) is 25.0 Å². The van der Waals surface area contributed by atoms with Crippen LogP contribution < -0.4 is 14.8 Å². The molecule has 0 radical (unpaired) electrons. The number of benzene rings is 4. The molecule has 5 heterocycles. The zero-order valence-corrected chi connectivity index (χ0v) is 33.0. The first-order chi connectivity index (χ1) is 29.8. The number of phenols is 2.